The lowest BCUT2D eigenvalue weighted by Crippen LogP contribution is -2.08. The molecule has 0 spiro atoms. The highest BCUT2D eigenvalue weighted by molar-refractivity contribution is 5.93. The van der Waals surface area contributed by atoms with Crippen molar-refractivity contribution in [1.82, 2.24) is 0 Å². The van der Waals surface area contributed by atoms with Gasteiger partial charge in [-0.3, -0.25) is 0 Å². The Hall–Kier alpha value is -2.68. The second-order valence-corrected chi connectivity index (χ2v) is 4.57. The zero-order valence-electron chi connectivity index (χ0n) is 13.2. The zero-order valence-corrected chi connectivity index (χ0v) is 13.2. The van der Waals surface area contributed by atoms with Crippen molar-refractivity contribution < 1.29 is 19.0 Å². The Bertz CT molecular complexity index is 588. The molecule has 0 aliphatic heterocycles. The third-order valence-corrected chi connectivity index (χ3v) is 2.53. The van der Waals surface area contributed by atoms with Gasteiger partial charge in [0.25, 0.3) is 0 Å². The van der Waals surface area contributed by atoms with Crippen molar-refractivity contribution in [3.63, 3.8) is 0 Å². The number of nitrogens with zero attached hydrogens (tertiary/aromatic N) is 1. The molecule has 22 heavy (non-hydrogen) atoms. The molecule has 1 aromatic carbocycles. The summed E-state index contributed by atoms with van der Waals surface area (Å²) in [5.41, 5.74) is 0.553. The topological polar surface area (TPSA) is 80.6 Å². The van der Waals surface area contributed by atoms with Crippen LogP contribution in [0, 0.1) is 11.3 Å². The Labute approximate surface area is 130 Å². The third-order valence-electron chi connectivity index (χ3n) is 2.53. The van der Waals surface area contributed by atoms with E-state index in [1.807, 2.05) is 13.8 Å². The van der Waals surface area contributed by atoms with Crippen LogP contribution in [0.15, 0.2) is 30.0 Å². The summed E-state index contributed by atoms with van der Waals surface area (Å²) in [5, 5.41) is 11.8. The van der Waals surface area contributed by atoms with Crippen LogP contribution < -0.4 is 14.8 Å². The molecule has 0 aromatic heterocycles. The van der Waals surface area contributed by atoms with Gasteiger partial charge in [0.05, 0.1) is 19.8 Å². The molecule has 0 amide bonds. The summed E-state index contributed by atoms with van der Waals surface area (Å²) in [5.74, 6) is 0.518. The molecule has 0 unspecified atom stereocenters. The highest BCUT2D eigenvalue weighted by Crippen LogP contribution is 2.31. The molecular weight excluding hydrogens is 284 g/mol. The Morgan fingerprint density at radius 2 is 2.14 bits per heavy atom. The predicted octanol–water partition coefficient (Wildman–Crippen LogP) is 2.86. The van der Waals surface area contributed by atoms with Gasteiger partial charge in [-0.15, -0.1) is 0 Å². The van der Waals surface area contributed by atoms with E-state index in [0.717, 1.165) is 0 Å². The summed E-state index contributed by atoms with van der Waals surface area (Å²) in [6, 6.07) is 7.02. The standard InChI is InChI=1S/C16H20N2O4/c1-5-21-16(19)12(9-17)10-18-13-6-7-14(20-4)15(8-13)22-11(2)3/h6-8,10-11,18H,5H2,1-4H3/b12-10+. The highest BCUT2D eigenvalue weighted by Gasteiger charge is 2.10. The zero-order chi connectivity index (χ0) is 16.5. The predicted molar refractivity (Wildman–Crippen MR) is 82.7 cm³/mol. The number of hydrogen-bond donors (Lipinski definition) is 1. The molecular formula is C16H20N2O4. The van der Waals surface area contributed by atoms with Crippen LogP contribution in [-0.2, 0) is 9.53 Å². The lowest BCUT2D eigenvalue weighted by Gasteiger charge is -2.14. The highest BCUT2D eigenvalue weighted by atomic mass is 16.5. The SMILES string of the molecule is CCOC(=O)/C(C#N)=C/Nc1ccc(OC)c(OC(C)C)c1. The smallest absolute Gasteiger partial charge is 0.350 e. The van der Waals surface area contributed by atoms with Crippen LogP contribution in [0.3, 0.4) is 0 Å². The first-order valence-corrected chi connectivity index (χ1v) is 6.90. The van der Waals surface area contributed by atoms with E-state index < -0.39 is 5.97 Å². The van der Waals surface area contributed by atoms with Crippen LogP contribution in [0.1, 0.15) is 20.8 Å². The van der Waals surface area contributed by atoms with E-state index in [0.29, 0.717) is 17.2 Å². The molecule has 1 aromatic rings. The molecule has 0 fully saturated rings. The first-order chi connectivity index (χ1) is 10.5. The van der Waals surface area contributed by atoms with E-state index in [2.05, 4.69) is 5.32 Å². The van der Waals surface area contributed by atoms with Crippen LogP contribution in [0.25, 0.3) is 0 Å². The molecule has 0 radical (unpaired) electrons. The molecule has 0 aliphatic carbocycles. The number of ether oxygens (including phenoxy) is 3. The lowest BCUT2D eigenvalue weighted by atomic mass is 10.2. The van der Waals surface area contributed by atoms with Gasteiger partial charge in [0, 0.05) is 18.0 Å². The maximum absolute atomic E-state index is 11.5. The third kappa shape index (κ3) is 5.02. The van der Waals surface area contributed by atoms with Crippen LogP contribution in [0.2, 0.25) is 0 Å². The van der Waals surface area contributed by atoms with Crippen molar-refractivity contribution in [3.05, 3.63) is 30.0 Å². The monoisotopic (exact) mass is 304 g/mol. The molecule has 6 nitrogen and oxygen atoms in total. The molecule has 1 rings (SSSR count). The van der Waals surface area contributed by atoms with Crippen LogP contribution in [0.4, 0.5) is 5.69 Å². The number of carbonyl (C=O) groups excluding carboxylic acids is 1. The van der Waals surface area contributed by atoms with Gasteiger partial charge in [0.1, 0.15) is 6.07 Å². The molecule has 0 saturated heterocycles. The molecule has 0 bridgehead atoms. The fourth-order valence-corrected chi connectivity index (χ4v) is 1.61. The van der Waals surface area contributed by atoms with Gasteiger partial charge in [-0.1, -0.05) is 0 Å². The van der Waals surface area contributed by atoms with Crippen molar-refractivity contribution in [3.8, 4) is 17.6 Å². The van der Waals surface area contributed by atoms with Gasteiger partial charge in [0.2, 0.25) is 0 Å². The van der Waals surface area contributed by atoms with Crippen molar-refractivity contribution in [1.29, 1.82) is 5.26 Å². The first-order valence-electron chi connectivity index (χ1n) is 6.90. The van der Waals surface area contributed by atoms with E-state index >= 15 is 0 Å². The maximum Gasteiger partial charge on any atom is 0.350 e. The first kappa shape index (κ1) is 17.4. The number of nitrogens with one attached hydrogen (secondary N) is 1. The van der Waals surface area contributed by atoms with Crippen LogP contribution in [0.5, 0.6) is 11.5 Å². The molecule has 0 saturated carbocycles. The summed E-state index contributed by atoms with van der Waals surface area (Å²) in [7, 11) is 1.56. The number of benzene rings is 1. The van der Waals surface area contributed by atoms with Crippen molar-refractivity contribution >= 4 is 11.7 Å². The normalized spacial score (nSPS) is 10.8. The summed E-state index contributed by atoms with van der Waals surface area (Å²) < 4.78 is 15.7. The van der Waals surface area contributed by atoms with E-state index in [9.17, 15) is 4.79 Å². The summed E-state index contributed by atoms with van der Waals surface area (Å²) in [4.78, 5) is 11.5. The number of rotatable bonds is 7. The van der Waals surface area contributed by atoms with Crippen molar-refractivity contribution in [2.24, 2.45) is 0 Å². The summed E-state index contributed by atoms with van der Waals surface area (Å²) >= 11 is 0. The molecule has 6 heteroatoms. The van der Waals surface area contributed by atoms with Gasteiger partial charge >= 0.3 is 5.97 Å². The van der Waals surface area contributed by atoms with Gasteiger partial charge in [-0.05, 0) is 32.9 Å². The van der Waals surface area contributed by atoms with Crippen molar-refractivity contribution in [2.45, 2.75) is 26.9 Å². The van der Waals surface area contributed by atoms with E-state index in [1.165, 1.54) is 6.20 Å². The van der Waals surface area contributed by atoms with E-state index in [1.54, 1.807) is 38.3 Å². The number of carbonyl (C=O) groups is 1. The number of nitriles is 1. The summed E-state index contributed by atoms with van der Waals surface area (Å²) in [6.07, 6.45) is 1.30. The van der Waals surface area contributed by atoms with Gasteiger partial charge in [-0.25, -0.2) is 4.79 Å². The molecule has 118 valence electrons. The van der Waals surface area contributed by atoms with Gasteiger partial charge in [0.15, 0.2) is 17.1 Å². The molecule has 0 aliphatic rings. The number of esters is 1. The van der Waals surface area contributed by atoms with E-state index in [-0.39, 0.29) is 18.3 Å². The van der Waals surface area contributed by atoms with Crippen molar-refractivity contribution in [2.75, 3.05) is 19.0 Å². The number of methoxy groups -OCH3 is 1. The Balaban J connectivity index is 2.94. The molecule has 0 atom stereocenters. The van der Waals surface area contributed by atoms with Crippen LogP contribution >= 0.6 is 0 Å². The Kier molecular flexibility index (Phi) is 6.77. The average molecular weight is 304 g/mol. The van der Waals surface area contributed by atoms with Gasteiger partial charge < -0.3 is 19.5 Å². The molecule has 0 heterocycles. The second kappa shape index (κ2) is 8.57. The lowest BCUT2D eigenvalue weighted by molar-refractivity contribution is -0.138. The minimum atomic E-state index is -0.662. The fourth-order valence-electron chi connectivity index (χ4n) is 1.61. The average Bonchev–Trinajstić information content (AvgIpc) is 2.48. The van der Waals surface area contributed by atoms with Crippen LogP contribution in [-0.4, -0.2) is 25.8 Å². The minimum absolute atomic E-state index is 0.00565. The summed E-state index contributed by atoms with van der Waals surface area (Å²) in [6.45, 7) is 5.72. The second-order valence-electron chi connectivity index (χ2n) is 4.57. The minimum Gasteiger partial charge on any atom is -0.493 e. The number of hydrogen-bond acceptors (Lipinski definition) is 6. The fraction of sp³-hybridized carbons (Fsp3) is 0.375. The Morgan fingerprint density at radius 3 is 2.68 bits per heavy atom. The quantitative estimate of drug-likeness (QED) is 0.474. The van der Waals surface area contributed by atoms with E-state index in [4.69, 9.17) is 19.5 Å². The molecule has 1 N–H and O–H groups in total. The Morgan fingerprint density at radius 1 is 1.41 bits per heavy atom. The maximum atomic E-state index is 11.5. The number of anilines is 1. The van der Waals surface area contributed by atoms with Gasteiger partial charge in [-0.2, -0.15) is 5.26 Å². The largest absolute Gasteiger partial charge is 0.493 e.